The van der Waals surface area contributed by atoms with E-state index in [2.05, 4.69) is 10.2 Å². The maximum atomic E-state index is 14.5. The van der Waals surface area contributed by atoms with Gasteiger partial charge in [-0.15, -0.1) is 0 Å². The zero-order valence-corrected chi connectivity index (χ0v) is 12.7. The lowest BCUT2D eigenvalue weighted by atomic mass is 9.99. The highest BCUT2D eigenvalue weighted by atomic mass is 35.5. The van der Waals surface area contributed by atoms with Gasteiger partial charge in [-0.05, 0) is 30.7 Å². The van der Waals surface area contributed by atoms with E-state index in [9.17, 15) is 4.39 Å². The van der Waals surface area contributed by atoms with E-state index in [0.717, 1.165) is 37.5 Å². The molecule has 0 spiro atoms. The Bertz CT molecular complexity index is 609. The Morgan fingerprint density at radius 1 is 1.29 bits per heavy atom. The Balaban J connectivity index is 2.09. The van der Waals surface area contributed by atoms with Gasteiger partial charge in [0, 0.05) is 31.7 Å². The molecule has 2 aromatic rings. The van der Waals surface area contributed by atoms with Crippen molar-refractivity contribution in [2.75, 3.05) is 26.2 Å². The number of hydrogen-bond acceptors (Lipinski definition) is 3. The Morgan fingerprint density at radius 2 is 2.05 bits per heavy atom. The van der Waals surface area contributed by atoms with Crippen molar-refractivity contribution >= 4 is 11.6 Å². The molecular formula is C16H18ClFN2O. The van der Waals surface area contributed by atoms with Gasteiger partial charge in [0.1, 0.15) is 11.6 Å². The number of benzene rings is 1. The largest absolute Gasteiger partial charge is 0.467 e. The molecule has 1 aromatic heterocycles. The molecule has 1 N–H and O–H groups in total. The SMILES string of the molecule is Cc1ccc(F)c([C@@H](c2ccco2)N2CCNCC2)c1Cl. The number of hydrogen-bond donors (Lipinski definition) is 1. The lowest BCUT2D eigenvalue weighted by Gasteiger charge is -2.34. The van der Waals surface area contributed by atoms with Crippen LogP contribution >= 0.6 is 11.6 Å². The van der Waals surface area contributed by atoms with Gasteiger partial charge in [0.25, 0.3) is 0 Å². The van der Waals surface area contributed by atoms with Crippen molar-refractivity contribution in [3.8, 4) is 0 Å². The molecule has 1 aliphatic heterocycles. The lowest BCUT2D eigenvalue weighted by molar-refractivity contribution is 0.177. The highest BCUT2D eigenvalue weighted by molar-refractivity contribution is 6.32. The third-order valence-electron chi connectivity index (χ3n) is 3.92. The van der Waals surface area contributed by atoms with Crippen molar-refractivity contribution in [1.29, 1.82) is 0 Å². The van der Waals surface area contributed by atoms with Crippen LogP contribution in [-0.4, -0.2) is 31.1 Å². The van der Waals surface area contributed by atoms with Crippen molar-refractivity contribution in [3.05, 3.63) is 58.3 Å². The normalized spacial score (nSPS) is 17.9. The molecule has 112 valence electrons. The fourth-order valence-electron chi connectivity index (χ4n) is 2.82. The first-order valence-corrected chi connectivity index (χ1v) is 7.49. The summed E-state index contributed by atoms with van der Waals surface area (Å²) in [4.78, 5) is 2.21. The third-order valence-corrected chi connectivity index (χ3v) is 4.42. The second-order valence-corrected chi connectivity index (χ2v) is 5.67. The first-order chi connectivity index (χ1) is 10.2. The number of nitrogens with zero attached hydrogens (tertiary/aromatic N) is 1. The van der Waals surface area contributed by atoms with Gasteiger partial charge in [-0.1, -0.05) is 17.7 Å². The molecule has 1 aromatic carbocycles. The first kappa shape index (κ1) is 14.6. The minimum atomic E-state index is -0.287. The van der Waals surface area contributed by atoms with E-state index in [1.807, 2.05) is 19.1 Å². The van der Waals surface area contributed by atoms with E-state index < -0.39 is 0 Å². The van der Waals surface area contributed by atoms with Crippen LogP contribution < -0.4 is 5.32 Å². The van der Waals surface area contributed by atoms with Crippen LogP contribution in [0.25, 0.3) is 0 Å². The van der Waals surface area contributed by atoms with Crippen LogP contribution in [0.5, 0.6) is 0 Å². The number of halogens is 2. The van der Waals surface area contributed by atoms with Crippen molar-refractivity contribution < 1.29 is 8.81 Å². The molecule has 1 fully saturated rings. The topological polar surface area (TPSA) is 28.4 Å². The smallest absolute Gasteiger partial charge is 0.129 e. The first-order valence-electron chi connectivity index (χ1n) is 7.11. The Kier molecular flexibility index (Phi) is 4.29. The molecule has 2 heterocycles. The van der Waals surface area contributed by atoms with Gasteiger partial charge >= 0.3 is 0 Å². The Labute approximate surface area is 128 Å². The fraction of sp³-hybridized carbons (Fsp3) is 0.375. The van der Waals surface area contributed by atoms with Crippen LogP contribution in [0.3, 0.4) is 0 Å². The van der Waals surface area contributed by atoms with E-state index in [4.69, 9.17) is 16.0 Å². The lowest BCUT2D eigenvalue weighted by Crippen LogP contribution is -2.45. The van der Waals surface area contributed by atoms with Crippen molar-refractivity contribution in [2.45, 2.75) is 13.0 Å². The molecule has 1 atom stereocenters. The molecule has 0 bridgehead atoms. The van der Waals surface area contributed by atoms with Gasteiger partial charge in [0.05, 0.1) is 17.3 Å². The molecule has 0 aliphatic carbocycles. The summed E-state index contributed by atoms with van der Waals surface area (Å²) in [7, 11) is 0. The average Bonchev–Trinajstić information content (AvgIpc) is 3.02. The molecule has 0 saturated carbocycles. The van der Waals surface area contributed by atoms with E-state index >= 15 is 0 Å². The highest BCUT2D eigenvalue weighted by Crippen LogP contribution is 2.37. The van der Waals surface area contributed by atoms with Gasteiger partial charge in [-0.3, -0.25) is 4.90 Å². The summed E-state index contributed by atoms with van der Waals surface area (Å²) in [5.74, 6) is 0.439. The maximum absolute atomic E-state index is 14.5. The molecule has 3 nitrogen and oxygen atoms in total. The molecule has 1 saturated heterocycles. The summed E-state index contributed by atoms with van der Waals surface area (Å²) in [5.41, 5.74) is 1.38. The fourth-order valence-corrected chi connectivity index (χ4v) is 3.08. The monoisotopic (exact) mass is 308 g/mol. The minimum Gasteiger partial charge on any atom is -0.467 e. The highest BCUT2D eigenvalue weighted by Gasteiger charge is 2.30. The standard InChI is InChI=1S/C16H18ClFN2O/c1-11-4-5-12(18)14(15(11)17)16(13-3-2-10-21-13)20-8-6-19-7-9-20/h2-5,10,16,19H,6-9H2,1H3/t16-/m1/s1. The van der Waals surface area contributed by atoms with Crippen LogP contribution in [-0.2, 0) is 0 Å². The van der Waals surface area contributed by atoms with Gasteiger partial charge < -0.3 is 9.73 Å². The van der Waals surface area contributed by atoms with Crippen LogP contribution in [0.4, 0.5) is 4.39 Å². The number of rotatable bonds is 3. The molecule has 3 rings (SSSR count). The molecule has 0 unspecified atom stereocenters. The van der Waals surface area contributed by atoms with Gasteiger partial charge in [0.2, 0.25) is 0 Å². The van der Waals surface area contributed by atoms with E-state index in [1.165, 1.54) is 6.07 Å². The summed E-state index contributed by atoms with van der Waals surface area (Å²) in [6.07, 6.45) is 1.62. The van der Waals surface area contributed by atoms with Crippen molar-refractivity contribution in [2.24, 2.45) is 0 Å². The minimum absolute atomic E-state index is 0.283. The van der Waals surface area contributed by atoms with Crippen molar-refractivity contribution in [3.63, 3.8) is 0 Å². The molecule has 5 heteroatoms. The van der Waals surface area contributed by atoms with Gasteiger partial charge in [-0.25, -0.2) is 4.39 Å². The summed E-state index contributed by atoms with van der Waals surface area (Å²) in [6.45, 7) is 5.30. The van der Waals surface area contributed by atoms with Crippen LogP contribution in [0, 0.1) is 12.7 Å². The van der Waals surface area contributed by atoms with E-state index in [0.29, 0.717) is 10.6 Å². The summed E-state index contributed by atoms with van der Waals surface area (Å²) in [5, 5.41) is 3.79. The zero-order valence-electron chi connectivity index (χ0n) is 11.9. The Hall–Kier alpha value is -1.36. The second kappa shape index (κ2) is 6.18. The predicted octanol–water partition coefficient (Wildman–Crippen LogP) is 3.38. The zero-order chi connectivity index (χ0) is 14.8. The van der Waals surface area contributed by atoms with E-state index in [1.54, 1.807) is 12.3 Å². The van der Waals surface area contributed by atoms with Crippen LogP contribution in [0.15, 0.2) is 34.9 Å². The number of aryl methyl sites for hydroxylation is 1. The maximum Gasteiger partial charge on any atom is 0.129 e. The Morgan fingerprint density at radius 3 is 2.71 bits per heavy atom. The second-order valence-electron chi connectivity index (χ2n) is 5.30. The van der Waals surface area contributed by atoms with Crippen LogP contribution in [0.2, 0.25) is 5.02 Å². The number of nitrogens with one attached hydrogen (secondary N) is 1. The number of piperazine rings is 1. The van der Waals surface area contributed by atoms with Crippen molar-refractivity contribution in [1.82, 2.24) is 10.2 Å². The van der Waals surface area contributed by atoms with Gasteiger partial charge in [0.15, 0.2) is 0 Å². The average molecular weight is 309 g/mol. The third kappa shape index (κ3) is 2.84. The molecule has 0 amide bonds. The summed E-state index contributed by atoms with van der Waals surface area (Å²) in [6, 6.07) is 6.61. The molecule has 0 radical (unpaired) electrons. The molecular weight excluding hydrogens is 291 g/mol. The quantitative estimate of drug-likeness (QED) is 0.942. The summed E-state index contributed by atoms with van der Waals surface area (Å²) < 4.78 is 20.0. The summed E-state index contributed by atoms with van der Waals surface area (Å²) >= 11 is 6.41. The van der Waals surface area contributed by atoms with Gasteiger partial charge in [-0.2, -0.15) is 0 Å². The predicted molar refractivity (Wildman–Crippen MR) is 81.1 cm³/mol. The number of furan rings is 1. The van der Waals surface area contributed by atoms with E-state index in [-0.39, 0.29) is 11.9 Å². The molecule has 1 aliphatic rings. The van der Waals surface area contributed by atoms with Crippen LogP contribution in [0.1, 0.15) is 22.9 Å². The molecule has 21 heavy (non-hydrogen) atoms.